The van der Waals surface area contributed by atoms with Gasteiger partial charge in [-0.05, 0) is 37.1 Å². The van der Waals surface area contributed by atoms with Crippen LogP contribution in [0.1, 0.15) is 28.9 Å². The van der Waals surface area contributed by atoms with Gasteiger partial charge in [0.05, 0.1) is 10.1 Å². The Morgan fingerprint density at radius 2 is 1.56 bits per heavy atom. The number of hydrogen-bond donors (Lipinski definition) is 3. The highest BCUT2D eigenvalue weighted by molar-refractivity contribution is 7.92. The second-order valence-electron chi connectivity index (χ2n) is 7.89. The first-order valence-electron chi connectivity index (χ1n) is 9.79. The van der Waals surface area contributed by atoms with E-state index in [4.69, 9.17) is 0 Å². The van der Waals surface area contributed by atoms with Crippen LogP contribution in [0.3, 0.4) is 0 Å². The minimum Gasteiger partial charge on any atom is -0.369 e. The Kier molecular flexibility index (Phi) is 5.48. The number of sulfone groups is 1. The lowest BCUT2D eigenvalue weighted by Gasteiger charge is -2.32. The third-order valence-corrected chi connectivity index (χ3v) is 7.82. The van der Waals surface area contributed by atoms with Crippen molar-refractivity contribution in [3.05, 3.63) is 59.9 Å². The molecule has 4 rings (SSSR count). The molecule has 182 valence electrons. The minimum absolute atomic E-state index is 0.0107. The van der Waals surface area contributed by atoms with E-state index >= 15 is 0 Å². The zero-order valence-corrected chi connectivity index (χ0v) is 17.8. The number of aromatic amines is 1. The lowest BCUT2D eigenvalue weighted by Crippen LogP contribution is -2.53. The molecule has 6 nitrogen and oxygen atoms in total. The van der Waals surface area contributed by atoms with E-state index in [0.717, 1.165) is 12.1 Å². The fraction of sp³-hybridized carbons (Fsp3) is 0.286. The molecule has 0 unspecified atom stereocenters. The number of benzene rings is 2. The van der Waals surface area contributed by atoms with Crippen LogP contribution in [0.4, 0.5) is 32.0 Å². The van der Waals surface area contributed by atoms with Gasteiger partial charge in [0.15, 0.2) is 9.84 Å². The summed E-state index contributed by atoms with van der Waals surface area (Å²) in [6, 6.07) is 6.63. The predicted octanol–water partition coefficient (Wildman–Crippen LogP) is 4.67. The third-order valence-electron chi connectivity index (χ3n) is 5.56. The molecule has 1 aliphatic carbocycles. The van der Waals surface area contributed by atoms with Gasteiger partial charge in [0.1, 0.15) is 5.69 Å². The summed E-state index contributed by atoms with van der Waals surface area (Å²) in [5.74, 6) is -0.762. The summed E-state index contributed by atoms with van der Waals surface area (Å²) in [6.07, 6.45) is -9.46. The minimum atomic E-state index is -6.02. The van der Waals surface area contributed by atoms with Gasteiger partial charge in [-0.3, -0.25) is 4.79 Å². The van der Waals surface area contributed by atoms with Crippen LogP contribution in [0.15, 0.2) is 53.6 Å². The Morgan fingerprint density at radius 3 is 2.09 bits per heavy atom. The van der Waals surface area contributed by atoms with Crippen LogP contribution in [-0.4, -0.2) is 42.0 Å². The van der Waals surface area contributed by atoms with E-state index in [1.165, 1.54) is 24.4 Å². The van der Waals surface area contributed by atoms with Crippen LogP contribution < -0.4 is 5.32 Å². The number of amides is 1. The van der Waals surface area contributed by atoms with Gasteiger partial charge in [0.2, 0.25) is 0 Å². The molecule has 34 heavy (non-hydrogen) atoms. The van der Waals surface area contributed by atoms with E-state index in [-0.39, 0.29) is 16.3 Å². The zero-order valence-electron chi connectivity index (χ0n) is 17.0. The van der Waals surface area contributed by atoms with Crippen molar-refractivity contribution in [3.63, 3.8) is 0 Å². The summed E-state index contributed by atoms with van der Waals surface area (Å²) >= 11 is 0. The largest absolute Gasteiger partial charge is 0.430 e. The molecule has 0 saturated heterocycles. The first kappa shape index (κ1) is 24.1. The van der Waals surface area contributed by atoms with Crippen LogP contribution in [0.5, 0.6) is 0 Å². The number of fused-ring (bicyclic) bond motifs is 1. The highest BCUT2D eigenvalue weighted by Gasteiger charge is 2.71. The molecule has 0 aliphatic heterocycles. The van der Waals surface area contributed by atoms with Crippen molar-refractivity contribution >= 4 is 32.2 Å². The molecule has 1 saturated carbocycles. The fourth-order valence-electron chi connectivity index (χ4n) is 3.53. The number of H-pyrrole nitrogens is 1. The quantitative estimate of drug-likeness (QED) is 0.438. The number of hydrogen-bond acceptors (Lipinski definition) is 4. The van der Waals surface area contributed by atoms with Crippen molar-refractivity contribution in [1.82, 2.24) is 4.98 Å². The highest BCUT2D eigenvalue weighted by Crippen LogP contribution is 2.50. The molecular formula is C21H16F6N2O4S. The molecule has 1 heterocycles. The van der Waals surface area contributed by atoms with E-state index in [2.05, 4.69) is 10.3 Å². The van der Waals surface area contributed by atoms with Crippen molar-refractivity contribution in [2.75, 3.05) is 5.32 Å². The van der Waals surface area contributed by atoms with Crippen molar-refractivity contribution in [1.29, 1.82) is 0 Å². The van der Waals surface area contributed by atoms with Gasteiger partial charge in [0, 0.05) is 28.2 Å². The first-order valence-corrected chi connectivity index (χ1v) is 11.3. The van der Waals surface area contributed by atoms with E-state index in [9.17, 15) is 44.7 Å². The zero-order chi connectivity index (χ0) is 25.1. The Bertz CT molecular complexity index is 1340. The van der Waals surface area contributed by atoms with Gasteiger partial charge in [-0.25, -0.2) is 8.42 Å². The first-order chi connectivity index (χ1) is 15.7. The van der Waals surface area contributed by atoms with E-state index in [1.807, 2.05) is 0 Å². The summed E-state index contributed by atoms with van der Waals surface area (Å²) in [5, 5.41) is 12.1. The molecular weight excluding hydrogens is 490 g/mol. The maximum absolute atomic E-state index is 13.0. The summed E-state index contributed by atoms with van der Waals surface area (Å²) in [7, 11) is -3.45. The number of rotatable bonds is 5. The van der Waals surface area contributed by atoms with Crippen molar-refractivity contribution < 1.29 is 44.7 Å². The van der Waals surface area contributed by atoms with Gasteiger partial charge in [-0.15, -0.1) is 0 Å². The number of aromatic nitrogens is 1. The molecule has 0 radical (unpaired) electrons. The Labute approximate surface area is 188 Å². The summed E-state index contributed by atoms with van der Waals surface area (Å²) in [5.41, 5.74) is -6.65. The van der Waals surface area contributed by atoms with E-state index in [0.29, 0.717) is 35.7 Å². The van der Waals surface area contributed by atoms with Gasteiger partial charge < -0.3 is 15.4 Å². The number of aliphatic hydroxyl groups is 1. The molecule has 3 N–H and O–H groups in total. The molecule has 3 aromatic rings. The average Bonchev–Trinajstić information content (AvgIpc) is 3.52. The number of carbonyl (C=O) groups is 1. The molecule has 0 spiro atoms. The SMILES string of the molecule is O=C(Nc1ccc(C(O)(C(F)(F)F)C(F)(F)F)cc1)c1[nH]cc2cc(S(=O)(=O)C3CC3)ccc12. The molecule has 1 amide bonds. The highest BCUT2D eigenvalue weighted by atomic mass is 32.2. The van der Waals surface area contributed by atoms with Gasteiger partial charge in [0.25, 0.3) is 11.5 Å². The maximum Gasteiger partial charge on any atom is 0.430 e. The summed E-state index contributed by atoms with van der Waals surface area (Å²) in [4.78, 5) is 15.4. The Morgan fingerprint density at radius 1 is 0.971 bits per heavy atom. The van der Waals surface area contributed by atoms with Crippen molar-refractivity contribution in [2.24, 2.45) is 0 Å². The standard InChI is InChI=1S/C21H16F6N2O4S/c22-20(23,24)19(31,21(25,26)27)12-1-3-13(4-2-12)29-18(30)17-16-8-7-15(9-11(16)10-28-17)34(32,33)14-5-6-14/h1-4,7-10,14,28,31H,5-6H2,(H,29,30). The molecule has 1 fully saturated rings. The van der Waals surface area contributed by atoms with Gasteiger partial charge >= 0.3 is 12.4 Å². The molecule has 13 heteroatoms. The number of halogens is 6. The molecule has 1 aromatic heterocycles. The molecule has 2 aromatic carbocycles. The number of carbonyl (C=O) groups excluding carboxylic acids is 1. The third kappa shape index (κ3) is 3.92. The number of anilines is 1. The monoisotopic (exact) mass is 506 g/mol. The van der Waals surface area contributed by atoms with E-state index < -0.39 is 44.5 Å². The number of alkyl halides is 6. The molecule has 1 aliphatic rings. The topological polar surface area (TPSA) is 99.3 Å². The Hall–Kier alpha value is -3.06. The van der Waals surface area contributed by atoms with Crippen LogP contribution in [0.25, 0.3) is 10.8 Å². The smallest absolute Gasteiger partial charge is 0.369 e. The van der Waals surface area contributed by atoms with Crippen LogP contribution in [0, 0.1) is 0 Å². The average molecular weight is 506 g/mol. The molecule has 0 atom stereocenters. The Balaban J connectivity index is 1.57. The van der Waals surface area contributed by atoms with E-state index in [1.54, 1.807) is 0 Å². The van der Waals surface area contributed by atoms with Gasteiger partial charge in [-0.2, -0.15) is 26.3 Å². The predicted molar refractivity (Wildman–Crippen MR) is 109 cm³/mol. The maximum atomic E-state index is 13.0. The second-order valence-corrected chi connectivity index (χ2v) is 10.1. The van der Waals surface area contributed by atoms with Crippen LogP contribution in [0.2, 0.25) is 0 Å². The second kappa shape index (κ2) is 7.73. The van der Waals surface area contributed by atoms with Crippen molar-refractivity contribution in [2.45, 2.75) is 40.9 Å². The lowest BCUT2D eigenvalue weighted by atomic mass is 9.92. The van der Waals surface area contributed by atoms with Crippen LogP contribution in [-0.2, 0) is 15.4 Å². The molecule has 0 bridgehead atoms. The number of nitrogens with one attached hydrogen (secondary N) is 2. The summed E-state index contributed by atoms with van der Waals surface area (Å²) < 4.78 is 103. The van der Waals surface area contributed by atoms with Crippen molar-refractivity contribution in [3.8, 4) is 0 Å². The fourth-order valence-corrected chi connectivity index (χ4v) is 5.22. The van der Waals surface area contributed by atoms with Gasteiger partial charge in [-0.1, -0.05) is 18.2 Å². The lowest BCUT2D eigenvalue weighted by molar-refractivity contribution is -0.376. The van der Waals surface area contributed by atoms with Crippen LogP contribution >= 0.6 is 0 Å². The summed E-state index contributed by atoms with van der Waals surface area (Å²) in [6.45, 7) is 0. The normalized spacial score (nSPS) is 15.5.